The third-order valence-electron chi connectivity index (χ3n) is 4.97. The van der Waals surface area contributed by atoms with Gasteiger partial charge in [-0.3, -0.25) is 4.79 Å². The van der Waals surface area contributed by atoms with Gasteiger partial charge in [0.25, 0.3) is 5.91 Å². The number of likely N-dealkylation sites (tertiary alicyclic amines) is 1. The third-order valence-corrected chi connectivity index (χ3v) is 4.97. The molecule has 0 aliphatic carbocycles. The SMILES string of the molecule is O=C(c1ccc(F)cc1)N1CCC(Cc2cnc3[nH]ccc3c2)CC1. The van der Waals surface area contributed by atoms with Gasteiger partial charge in [-0.25, -0.2) is 9.37 Å². The van der Waals surface area contributed by atoms with Gasteiger partial charge >= 0.3 is 0 Å². The van der Waals surface area contributed by atoms with Crippen LogP contribution in [0, 0.1) is 11.7 Å². The number of rotatable bonds is 3. The Morgan fingerprint density at radius 1 is 1.20 bits per heavy atom. The molecule has 1 aliphatic heterocycles. The van der Waals surface area contributed by atoms with E-state index >= 15 is 0 Å². The normalized spacial score (nSPS) is 15.6. The molecule has 0 radical (unpaired) electrons. The Labute approximate surface area is 145 Å². The van der Waals surface area contributed by atoms with Crippen molar-refractivity contribution in [1.29, 1.82) is 0 Å². The first-order valence-corrected chi connectivity index (χ1v) is 8.66. The number of aromatic amines is 1. The fourth-order valence-electron chi connectivity index (χ4n) is 3.55. The van der Waals surface area contributed by atoms with Gasteiger partial charge in [0.05, 0.1) is 0 Å². The lowest BCUT2D eigenvalue weighted by Gasteiger charge is -2.32. The number of nitrogens with one attached hydrogen (secondary N) is 1. The summed E-state index contributed by atoms with van der Waals surface area (Å²) in [6.45, 7) is 1.50. The second-order valence-electron chi connectivity index (χ2n) is 6.71. The second kappa shape index (κ2) is 6.67. The Morgan fingerprint density at radius 2 is 1.96 bits per heavy atom. The minimum absolute atomic E-state index is 0.00569. The summed E-state index contributed by atoms with van der Waals surface area (Å²) in [5.41, 5.74) is 2.72. The van der Waals surface area contributed by atoms with Crippen LogP contribution in [0.4, 0.5) is 4.39 Å². The number of benzene rings is 1. The summed E-state index contributed by atoms with van der Waals surface area (Å²) in [7, 11) is 0. The number of pyridine rings is 1. The number of hydrogen-bond donors (Lipinski definition) is 1. The lowest BCUT2D eigenvalue weighted by atomic mass is 9.90. The monoisotopic (exact) mass is 337 g/mol. The van der Waals surface area contributed by atoms with Crippen LogP contribution in [0.3, 0.4) is 0 Å². The van der Waals surface area contributed by atoms with Crippen molar-refractivity contribution in [3.05, 3.63) is 65.7 Å². The molecule has 2 aromatic heterocycles. The lowest BCUT2D eigenvalue weighted by molar-refractivity contribution is 0.0690. The maximum Gasteiger partial charge on any atom is 0.253 e. The van der Waals surface area contributed by atoms with E-state index in [1.807, 2.05) is 23.4 Å². The highest BCUT2D eigenvalue weighted by Crippen LogP contribution is 2.24. The lowest BCUT2D eigenvalue weighted by Crippen LogP contribution is -2.38. The highest BCUT2D eigenvalue weighted by Gasteiger charge is 2.24. The number of H-pyrrole nitrogens is 1. The van der Waals surface area contributed by atoms with Crippen LogP contribution in [0.1, 0.15) is 28.8 Å². The summed E-state index contributed by atoms with van der Waals surface area (Å²) in [6, 6.07) is 10.0. The third kappa shape index (κ3) is 3.40. The highest BCUT2D eigenvalue weighted by molar-refractivity contribution is 5.94. The van der Waals surface area contributed by atoms with Gasteiger partial charge in [-0.05, 0) is 67.1 Å². The van der Waals surface area contributed by atoms with Crippen molar-refractivity contribution < 1.29 is 9.18 Å². The molecule has 4 rings (SSSR count). The van der Waals surface area contributed by atoms with Crippen molar-refractivity contribution in [2.24, 2.45) is 5.92 Å². The first-order chi connectivity index (χ1) is 12.2. The Bertz CT molecular complexity index is 879. The van der Waals surface area contributed by atoms with Crippen molar-refractivity contribution in [2.45, 2.75) is 19.3 Å². The maximum absolute atomic E-state index is 13.0. The number of amides is 1. The van der Waals surface area contributed by atoms with E-state index in [-0.39, 0.29) is 11.7 Å². The van der Waals surface area contributed by atoms with E-state index in [1.165, 1.54) is 17.7 Å². The van der Waals surface area contributed by atoms with Gasteiger partial charge in [-0.1, -0.05) is 0 Å². The number of halogens is 1. The van der Waals surface area contributed by atoms with Gasteiger partial charge < -0.3 is 9.88 Å². The minimum Gasteiger partial charge on any atom is -0.346 e. The van der Waals surface area contributed by atoms with E-state index in [1.54, 1.807) is 12.1 Å². The molecular formula is C20H20FN3O. The second-order valence-corrected chi connectivity index (χ2v) is 6.71. The van der Waals surface area contributed by atoms with E-state index in [9.17, 15) is 9.18 Å². The molecule has 4 nitrogen and oxygen atoms in total. The number of aromatic nitrogens is 2. The van der Waals surface area contributed by atoms with E-state index in [0.29, 0.717) is 11.5 Å². The summed E-state index contributed by atoms with van der Waals surface area (Å²) in [6.07, 6.45) is 6.80. The first kappa shape index (κ1) is 15.8. The Kier molecular flexibility index (Phi) is 4.22. The topological polar surface area (TPSA) is 49.0 Å². The summed E-state index contributed by atoms with van der Waals surface area (Å²) >= 11 is 0. The average molecular weight is 337 g/mol. The van der Waals surface area contributed by atoms with E-state index < -0.39 is 0 Å². The molecule has 5 heteroatoms. The van der Waals surface area contributed by atoms with Gasteiger partial charge in [0.2, 0.25) is 0 Å². The standard InChI is InChI=1S/C20H20FN3O/c21-18-3-1-16(2-4-18)20(25)24-9-6-14(7-10-24)11-15-12-17-5-8-22-19(17)23-13-15/h1-5,8,12-14H,6-7,9-11H2,(H,22,23). The molecule has 1 aliphatic rings. The zero-order valence-electron chi connectivity index (χ0n) is 13.9. The predicted octanol–water partition coefficient (Wildman–Crippen LogP) is 3.80. The van der Waals surface area contributed by atoms with Crippen LogP contribution in [-0.4, -0.2) is 33.9 Å². The van der Waals surface area contributed by atoms with Crippen LogP contribution >= 0.6 is 0 Å². The van der Waals surface area contributed by atoms with Crippen molar-refractivity contribution in [3.63, 3.8) is 0 Å². The molecule has 1 saturated heterocycles. The summed E-state index contributed by atoms with van der Waals surface area (Å²) < 4.78 is 13.0. The summed E-state index contributed by atoms with van der Waals surface area (Å²) in [5.74, 6) is 0.243. The maximum atomic E-state index is 13.0. The van der Waals surface area contributed by atoms with Crippen LogP contribution in [0.2, 0.25) is 0 Å². The fraction of sp³-hybridized carbons (Fsp3) is 0.300. The molecule has 0 atom stereocenters. The number of nitrogens with zero attached hydrogens (tertiary/aromatic N) is 2. The molecule has 1 amide bonds. The molecule has 3 aromatic rings. The van der Waals surface area contributed by atoms with E-state index in [2.05, 4.69) is 16.0 Å². The van der Waals surface area contributed by atoms with Crippen LogP contribution in [0.15, 0.2) is 48.8 Å². The number of carbonyl (C=O) groups excluding carboxylic acids is 1. The van der Waals surface area contributed by atoms with Crippen LogP contribution in [0.25, 0.3) is 11.0 Å². The quantitative estimate of drug-likeness (QED) is 0.790. The molecule has 3 heterocycles. The van der Waals surface area contributed by atoms with Crippen molar-refractivity contribution >= 4 is 16.9 Å². The molecule has 128 valence electrons. The molecule has 1 fully saturated rings. The van der Waals surface area contributed by atoms with Gasteiger partial charge in [0.15, 0.2) is 0 Å². The smallest absolute Gasteiger partial charge is 0.253 e. The molecular weight excluding hydrogens is 317 g/mol. The Balaban J connectivity index is 1.36. The van der Waals surface area contributed by atoms with Gasteiger partial charge in [-0.2, -0.15) is 0 Å². The molecule has 1 N–H and O–H groups in total. The number of carbonyl (C=O) groups is 1. The van der Waals surface area contributed by atoms with Crippen LogP contribution < -0.4 is 0 Å². The Hall–Kier alpha value is -2.69. The first-order valence-electron chi connectivity index (χ1n) is 8.66. The van der Waals surface area contributed by atoms with E-state index in [0.717, 1.165) is 43.4 Å². The highest BCUT2D eigenvalue weighted by atomic mass is 19.1. The predicted molar refractivity (Wildman–Crippen MR) is 94.8 cm³/mol. The largest absolute Gasteiger partial charge is 0.346 e. The number of hydrogen-bond acceptors (Lipinski definition) is 2. The Morgan fingerprint density at radius 3 is 2.72 bits per heavy atom. The number of fused-ring (bicyclic) bond motifs is 1. The van der Waals surface area contributed by atoms with Crippen molar-refractivity contribution in [1.82, 2.24) is 14.9 Å². The van der Waals surface area contributed by atoms with Gasteiger partial charge in [0, 0.05) is 36.4 Å². The fourth-order valence-corrected chi connectivity index (χ4v) is 3.55. The minimum atomic E-state index is -0.316. The molecule has 25 heavy (non-hydrogen) atoms. The summed E-state index contributed by atoms with van der Waals surface area (Å²) in [5, 5.41) is 1.14. The molecule has 0 unspecified atom stereocenters. The molecule has 0 saturated carbocycles. The average Bonchev–Trinajstić information content (AvgIpc) is 3.10. The molecule has 0 spiro atoms. The van der Waals surface area contributed by atoms with Crippen molar-refractivity contribution in [2.75, 3.05) is 13.1 Å². The van der Waals surface area contributed by atoms with Crippen molar-refractivity contribution in [3.8, 4) is 0 Å². The zero-order chi connectivity index (χ0) is 17.2. The van der Waals surface area contributed by atoms with Gasteiger partial charge in [-0.15, -0.1) is 0 Å². The number of piperidine rings is 1. The van der Waals surface area contributed by atoms with Crippen LogP contribution in [0.5, 0.6) is 0 Å². The van der Waals surface area contributed by atoms with Crippen LogP contribution in [-0.2, 0) is 6.42 Å². The van der Waals surface area contributed by atoms with E-state index in [4.69, 9.17) is 0 Å². The molecule has 0 bridgehead atoms. The zero-order valence-corrected chi connectivity index (χ0v) is 13.9. The molecule has 1 aromatic carbocycles. The summed E-state index contributed by atoms with van der Waals surface area (Å²) in [4.78, 5) is 21.9. The van der Waals surface area contributed by atoms with Gasteiger partial charge in [0.1, 0.15) is 11.5 Å².